The average Bonchev–Trinajstić information content (AvgIpc) is 2.77. The molecule has 0 aromatic carbocycles. The summed E-state index contributed by atoms with van der Waals surface area (Å²) in [7, 11) is 0. The molecule has 1 aliphatic heterocycles. The van der Waals surface area contributed by atoms with E-state index in [1.165, 1.54) is 16.7 Å². The zero-order valence-electron chi connectivity index (χ0n) is 19.1. The van der Waals surface area contributed by atoms with Crippen molar-refractivity contribution >= 4 is 5.82 Å². The molecular weight excluding hydrogens is 386 g/mol. The average molecular weight is 420 g/mol. The van der Waals surface area contributed by atoms with Crippen molar-refractivity contribution in [3.8, 4) is 0 Å². The topological polar surface area (TPSA) is 75.0 Å². The Morgan fingerprint density at radius 2 is 1.81 bits per heavy atom. The number of hydrogen-bond donors (Lipinski definition) is 1. The number of allylic oxidation sites excluding steroid dienone is 4. The van der Waals surface area contributed by atoms with Gasteiger partial charge in [-0.15, -0.1) is 0 Å². The van der Waals surface area contributed by atoms with Gasteiger partial charge in [0.25, 0.3) is 0 Å². The van der Waals surface area contributed by atoms with Crippen molar-refractivity contribution in [2.45, 2.75) is 71.3 Å². The van der Waals surface area contributed by atoms with E-state index in [1.54, 1.807) is 26.2 Å². The van der Waals surface area contributed by atoms with Crippen LogP contribution in [0.1, 0.15) is 73.7 Å². The Labute approximate surface area is 185 Å². The van der Waals surface area contributed by atoms with Crippen LogP contribution in [-0.2, 0) is 12.0 Å². The van der Waals surface area contributed by atoms with Gasteiger partial charge in [-0.3, -0.25) is 4.98 Å². The Morgan fingerprint density at radius 3 is 2.42 bits per heavy atom. The van der Waals surface area contributed by atoms with Crippen molar-refractivity contribution in [3.63, 3.8) is 0 Å². The van der Waals surface area contributed by atoms with E-state index in [2.05, 4.69) is 57.1 Å². The summed E-state index contributed by atoms with van der Waals surface area (Å²) in [5.74, 6) is 1.29. The molecule has 0 bridgehead atoms. The monoisotopic (exact) mass is 419 g/mol. The summed E-state index contributed by atoms with van der Waals surface area (Å²) in [6.45, 7) is 9.66. The number of rotatable bonds is 5. The Hall–Kier alpha value is -2.60. The molecule has 2 aromatic rings. The lowest BCUT2D eigenvalue weighted by Crippen LogP contribution is -2.34. The van der Waals surface area contributed by atoms with Gasteiger partial charge in [-0.25, -0.2) is 4.98 Å². The number of piperidine rings is 1. The third-order valence-electron chi connectivity index (χ3n) is 6.57. The maximum Gasteiger partial charge on any atom is 0.147 e. The minimum atomic E-state index is -0.970. The maximum absolute atomic E-state index is 10.1. The van der Waals surface area contributed by atoms with Crippen LogP contribution in [0.25, 0.3) is 0 Å². The van der Waals surface area contributed by atoms with Gasteiger partial charge in [0.1, 0.15) is 11.4 Å². The van der Waals surface area contributed by atoms with Crippen molar-refractivity contribution in [1.29, 1.82) is 0 Å². The Balaban J connectivity index is 1.42. The van der Waals surface area contributed by atoms with Crippen LogP contribution in [0.2, 0.25) is 0 Å². The largest absolute Gasteiger partial charge is 0.384 e. The molecule has 4 rings (SSSR count). The fourth-order valence-electron chi connectivity index (χ4n) is 4.40. The van der Waals surface area contributed by atoms with Gasteiger partial charge < -0.3 is 10.0 Å². The molecule has 0 radical (unpaired) electrons. The van der Waals surface area contributed by atoms with Crippen LogP contribution in [0.15, 0.2) is 36.2 Å². The van der Waals surface area contributed by atoms with Crippen molar-refractivity contribution in [1.82, 2.24) is 20.2 Å². The first kappa shape index (κ1) is 21.6. The van der Waals surface area contributed by atoms with Gasteiger partial charge in [0, 0.05) is 25.4 Å². The smallest absolute Gasteiger partial charge is 0.147 e. The summed E-state index contributed by atoms with van der Waals surface area (Å²) in [5.41, 5.74) is 5.78. The number of anilines is 1. The summed E-state index contributed by atoms with van der Waals surface area (Å²) in [5, 5.41) is 19.4. The molecule has 0 unspecified atom stereocenters. The van der Waals surface area contributed by atoms with Crippen LogP contribution < -0.4 is 4.90 Å². The molecule has 2 aromatic heterocycles. The number of nitrogens with zero attached hydrogens (tertiary/aromatic N) is 5. The maximum atomic E-state index is 10.1. The number of aliphatic hydroxyl groups is 1. The molecule has 6 heteroatoms. The molecule has 0 spiro atoms. The van der Waals surface area contributed by atoms with E-state index in [0.29, 0.717) is 11.6 Å². The highest BCUT2D eigenvalue weighted by Gasteiger charge is 2.26. The molecule has 1 aliphatic carbocycles. The van der Waals surface area contributed by atoms with Gasteiger partial charge in [0.15, 0.2) is 0 Å². The zero-order valence-corrected chi connectivity index (χ0v) is 19.1. The van der Waals surface area contributed by atoms with Crippen LogP contribution in [0.3, 0.4) is 0 Å². The molecule has 0 amide bonds. The molecule has 31 heavy (non-hydrogen) atoms. The normalized spacial score (nSPS) is 17.7. The van der Waals surface area contributed by atoms with Crippen LogP contribution in [0, 0.1) is 13.8 Å². The Bertz CT molecular complexity index is 980. The molecule has 6 nitrogen and oxygen atoms in total. The second-order valence-corrected chi connectivity index (χ2v) is 9.30. The van der Waals surface area contributed by atoms with E-state index in [4.69, 9.17) is 0 Å². The van der Waals surface area contributed by atoms with Gasteiger partial charge in [-0.2, -0.15) is 10.2 Å². The third kappa shape index (κ3) is 4.85. The van der Waals surface area contributed by atoms with E-state index in [-0.39, 0.29) is 0 Å². The number of hydrogen-bond acceptors (Lipinski definition) is 6. The van der Waals surface area contributed by atoms with E-state index in [9.17, 15) is 5.11 Å². The fourth-order valence-corrected chi connectivity index (χ4v) is 4.40. The highest BCUT2D eigenvalue weighted by Crippen LogP contribution is 2.32. The van der Waals surface area contributed by atoms with Crippen LogP contribution >= 0.6 is 0 Å². The molecule has 1 N–H and O–H groups in total. The Kier molecular flexibility index (Phi) is 6.19. The molecule has 164 valence electrons. The minimum Gasteiger partial charge on any atom is -0.384 e. The van der Waals surface area contributed by atoms with Gasteiger partial charge in [-0.05, 0) is 70.1 Å². The lowest BCUT2D eigenvalue weighted by Gasteiger charge is -2.33. The highest BCUT2D eigenvalue weighted by atomic mass is 16.3. The lowest BCUT2D eigenvalue weighted by atomic mass is 9.89. The van der Waals surface area contributed by atoms with E-state index in [1.807, 2.05) is 0 Å². The molecular formula is C25H33N5O. The third-order valence-corrected chi connectivity index (χ3v) is 6.57. The minimum absolute atomic E-state index is 0.425. The molecule has 0 saturated carbocycles. The van der Waals surface area contributed by atoms with Gasteiger partial charge in [-0.1, -0.05) is 18.2 Å². The molecule has 0 atom stereocenters. The lowest BCUT2D eigenvalue weighted by molar-refractivity contribution is 0.0734. The SMILES string of the molecule is Cc1c(CC2=CCCC=C2)nnc(C2CCN(c3cnc(C(C)(C)O)cn3)CC2)c1C. The van der Waals surface area contributed by atoms with Crippen molar-refractivity contribution in [3.05, 3.63) is 64.4 Å². The quantitative estimate of drug-likeness (QED) is 0.778. The summed E-state index contributed by atoms with van der Waals surface area (Å²) in [6.07, 6.45) is 15.4. The van der Waals surface area contributed by atoms with Crippen LogP contribution in [-0.4, -0.2) is 38.4 Å². The second kappa shape index (κ2) is 8.87. The summed E-state index contributed by atoms with van der Waals surface area (Å²) < 4.78 is 0. The standard InChI is InChI=1S/C25H33N5O/c1-17-18(2)24(29-28-21(17)14-19-8-6-5-7-9-19)20-10-12-30(13-11-20)23-16-26-22(15-27-23)25(3,4)31/h6,8-9,15-16,20,31H,5,7,10-14H2,1-4H3. The summed E-state index contributed by atoms with van der Waals surface area (Å²) in [6, 6.07) is 0. The fraction of sp³-hybridized carbons (Fsp3) is 0.520. The predicted molar refractivity (Wildman–Crippen MR) is 123 cm³/mol. The molecule has 2 aliphatic rings. The summed E-state index contributed by atoms with van der Waals surface area (Å²) >= 11 is 0. The van der Waals surface area contributed by atoms with E-state index in [0.717, 1.165) is 62.4 Å². The predicted octanol–water partition coefficient (Wildman–Crippen LogP) is 4.31. The van der Waals surface area contributed by atoms with Gasteiger partial charge in [0.05, 0.1) is 29.5 Å². The van der Waals surface area contributed by atoms with E-state index >= 15 is 0 Å². The van der Waals surface area contributed by atoms with E-state index < -0.39 is 5.60 Å². The van der Waals surface area contributed by atoms with Crippen LogP contribution in [0.4, 0.5) is 5.82 Å². The molecule has 3 heterocycles. The first-order chi connectivity index (χ1) is 14.8. The van der Waals surface area contributed by atoms with Crippen molar-refractivity contribution in [2.75, 3.05) is 18.0 Å². The second-order valence-electron chi connectivity index (χ2n) is 9.30. The van der Waals surface area contributed by atoms with Crippen LogP contribution in [0.5, 0.6) is 0 Å². The first-order valence-corrected chi connectivity index (χ1v) is 11.3. The van der Waals surface area contributed by atoms with Crippen molar-refractivity contribution < 1.29 is 5.11 Å². The highest BCUT2D eigenvalue weighted by molar-refractivity contribution is 5.40. The first-order valence-electron chi connectivity index (χ1n) is 11.3. The van der Waals surface area contributed by atoms with Gasteiger partial charge in [0.2, 0.25) is 0 Å². The Morgan fingerprint density at radius 1 is 1.03 bits per heavy atom. The number of aromatic nitrogens is 4. The zero-order chi connectivity index (χ0) is 22.0. The summed E-state index contributed by atoms with van der Waals surface area (Å²) in [4.78, 5) is 11.2. The van der Waals surface area contributed by atoms with Gasteiger partial charge >= 0.3 is 0 Å². The molecule has 1 saturated heterocycles. The van der Waals surface area contributed by atoms with Crippen molar-refractivity contribution in [2.24, 2.45) is 0 Å². The molecule has 1 fully saturated rings.